The SMILES string of the molecule is CCOC(=O)[C@H]1C(=O)N(C)[C@@H](C)[C@@H]1c1ccccc1. The molecule has 0 aliphatic carbocycles. The molecule has 1 aliphatic heterocycles. The largest absolute Gasteiger partial charge is 0.465 e. The number of hydrogen-bond donors (Lipinski definition) is 0. The van der Waals surface area contributed by atoms with Gasteiger partial charge in [0.25, 0.3) is 0 Å². The molecule has 1 amide bonds. The number of rotatable bonds is 3. The van der Waals surface area contributed by atoms with E-state index in [1.807, 2.05) is 37.3 Å². The second-order valence-corrected chi connectivity index (χ2v) is 4.86. The summed E-state index contributed by atoms with van der Waals surface area (Å²) in [6.07, 6.45) is 0. The molecular weight excluding hydrogens is 242 g/mol. The van der Waals surface area contributed by atoms with Crippen LogP contribution in [0.5, 0.6) is 0 Å². The normalized spacial score (nSPS) is 26.6. The van der Waals surface area contributed by atoms with Crippen molar-refractivity contribution in [1.29, 1.82) is 0 Å². The smallest absolute Gasteiger partial charge is 0.319 e. The van der Waals surface area contributed by atoms with Crippen molar-refractivity contribution in [3.05, 3.63) is 35.9 Å². The Kier molecular flexibility index (Phi) is 3.88. The molecule has 2 rings (SSSR count). The minimum atomic E-state index is -0.720. The van der Waals surface area contributed by atoms with Crippen LogP contribution in [-0.2, 0) is 14.3 Å². The molecule has 102 valence electrons. The Morgan fingerprint density at radius 2 is 1.95 bits per heavy atom. The Morgan fingerprint density at radius 3 is 2.53 bits per heavy atom. The van der Waals surface area contributed by atoms with Crippen LogP contribution in [0.3, 0.4) is 0 Å². The van der Waals surface area contributed by atoms with E-state index in [0.717, 1.165) is 5.56 Å². The molecule has 0 saturated carbocycles. The van der Waals surface area contributed by atoms with Gasteiger partial charge in [0.1, 0.15) is 5.92 Å². The minimum absolute atomic E-state index is 0.00990. The zero-order valence-electron chi connectivity index (χ0n) is 11.5. The van der Waals surface area contributed by atoms with Crippen molar-refractivity contribution in [2.24, 2.45) is 5.92 Å². The summed E-state index contributed by atoms with van der Waals surface area (Å²) < 4.78 is 5.06. The molecule has 3 atom stereocenters. The van der Waals surface area contributed by atoms with Gasteiger partial charge in [-0.15, -0.1) is 0 Å². The highest BCUT2D eigenvalue weighted by atomic mass is 16.5. The molecule has 4 heteroatoms. The van der Waals surface area contributed by atoms with E-state index in [2.05, 4.69) is 0 Å². The Balaban J connectivity index is 2.37. The van der Waals surface area contributed by atoms with Gasteiger partial charge >= 0.3 is 5.97 Å². The maximum Gasteiger partial charge on any atom is 0.319 e. The van der Waals surface area contributed by atoms with Gasteiger partial charge < -0.3 is 9.64 Å². The van der Waals surface area contributed by atoms with E-state index >= 15 is 0 Å². The van der Waals surface area contributed by atoms with E-state index in [1.165, 1.54) is 0 Å². The summed E-state index contributed by atoms with van der Waals surface area (Å²) in [6, 6.07) is 9.68. The van der Waals surface area contributed by atoms with Gasteiger partial charge in [-0.25, -0.2) is 0 Å². The summed E-state index contributed by atoms with van der Waals surface area (Å²) in [5, 5.41) is 0. The lowest BCUT2D eigenvalue weighted by atomic mass is 9.84. The van der Waals surface area contributed by atoms with Crippen LogP contribution in [0, 0.1) is 5.92 Å². The predicted octanol–water partition coefficient (Wildman–Crippen LogP) is 1.81. The van der Waals surface area contributed by atoms with Gasteiger partial charge in [0.05, 0.1) is 6.61 Å². The van der Waals surface area contributed by atoms with Crippen LogP contribution < -0.4 is 0 Å². The van der Waals surface area contributed by atoms with Crippen LogP contribution in [0.1, 0.15) is 25.3 Å². The first kappa shape index (κ1) is 13.6. The van der Waals surface area contributed by atoms with Crippen LogP contribution in [0.25, 0.3) is 0 Å². The number of amides is 1. The Labute approximate surface area is 113 Å². The lowest BCUT2D eigenvalue weighted by Gasteiger charge is -2.21. The molecule has 0 bridgehead atoms. The summed E-state index contributed by atoms with van der Waals surface area (Å²) in [4.78, 5) is 25.9. The number of nitrogens with zero attached hydrogens (tertiary/aromatic N) is 1. The summed E-state index contributed by atoms with van der Waals surface area (Å²) in [6.45, 7) is 4.01. The van der Waals surface area contributed by atoms with Gasteiger partial charge in [0.2, 0.25) is 5.91 Å². The quantitative estimate of drug-likeness (QED) is 0.616. The van der Waals surface area contributed by atoms with Crippen LogP contribution in [0.2, 0.25) is 0 Å². The number of carbonyl (C=O) groups excluding carboxylic acids is 2. The summed E-state index contributed by atoms with van der Waals surface area (Å²) >= 11 is 0. The fraction of sp³-hybridized carbons (Fsp3) is 0.467. The van der Waals surface area contributed by atoms with Crippen molar-refractivity contribution in [3.63, 3.8) is 0 Å². The molecule has 0 spiro atoms. The molecule has 1 saturated heterocycles. The Bertz CT molecular complexity index is 472. The number of carbonyl (C=O) groups is 2. The van der Waals surface area contributed by atoms with Crippen LogP contribution in [0.4, 0.5) is 0 Å². The van der Waals surface area contributed by atoms with E-state index < -0.39 is 11.9 Å². The van der Waals surface area contributed by atoms with Gasteiger partial charge in [0.15, 0.2) is 0 Å². The van der Waals surface area contributed by atoms with Crippen LogP contribution >= 0.6 is 0 Å². The highest BCUT2D eigenvalue weighted by Gasteiger charge is 2.49. The lowest BCUT2D eigenvalue weighted by molar-refractivity contribution is -0.152. The molecule has 0 N–H and O–H groups in total. The molecule has 1 fully saturated rings. The van der Waals surface area contributed by atoms with Gasteiger partial charge in [-0.3, -0.25) is 9.59 Å². The first-order chi connectivity index (χ1) is 9.07. The third kappa shape index (κ3) is 2.35. The van der Waals surface area contributed by atoms with Crippen molar-refractivity contribution >= 4 is 11.9 Å². The number of hydrogen-bond acceptors (Lipinski definition) is 3. The Hall–Kier alpha value is -1.84. The van der Waals surface area contributed by atoms with E-state index in [1.54, 1.807) is 18.9 Å². The highest BCUT2D eigenvalue weighted by molar-refractivity contribution is 6.01. The van der Waals surface area contributed by atoms with Gasteiger partial charge in [-0.1, -0.05) is 30.3 Å². The third-order valence-corrected chi connectivity index (χ3v) is 3.83. The fourth-order valence-corrected chi connectivity index (χ4v) is 2.72. The van der Waals surface area contributed by atoms with Crippen molar-refractivity contribution in [1.82, 2.24) is 4.90 Å². The first-order valence-electron chi connectivity index (χ1n) is 6.56. The topological polar surface area (TPSA) is 46.6 Å². The molecule has 1 aromatic carbocycles. The Morgan fingerprint density at radius 1 is 1.32 bits per heavy atom. The third-order valence-electron chi connectivity index (χ3n) is 3.83. The van der Waals surface area contributed by atoms with Crippen LogP contribution in [0.15, 0.2) is 30.3 Å². The number of likely N-dealkylation sites (tertiary alicyclic amines) is 1. The van der Waals surface area contributed by atoms with Crippen molar-refractivity contribution in [2.45, 2.75) is 25.8 Å². The molecule has 1 aromatic rings. The molecular formula is C15H19NO3. The van der Waals surface area contributed by atoms with Gasteiger partial charge in [-0.05, 0) is 19.4 Å². The van der Waals surface area contributed by atoms with Crippen LogP contribution in [-0.4, -0.2) is 36.5 Å². The molecule has 0 unspecified atom stereocenters. The zero-order chi connectivity index (χ0) is 14.0. The number of ether oxygens (including phenoxy) is 1. The number of benzene rings is 1. The molecule has 0 radical (unpaired) electrons. The van der Waals surface area contributed by atoms with E-state index in [4.69, 9.17) is 4.74 Å². The highest BCUT2D eigenvalue weighted by Crippen LogP contribution is 2.38. The van der Waals surface area contributed by atoms with E-state index in [9.17, 15) is 9.59 Å². The summed E-state index contributed by atoms with van der Waals surface area (Å²) in [5.74, 6) is -1.43. The average Bonchev–Trinajstić information content (AvgIpc) is 2.64. The standard InChI is InChI=1S/C15H19NO3/c1-4-19-15(18)13-12(10(2)16(3)14(13)17)11-8-6-5-7-9-11/h5-10,12-13H,4H2,1-3H3/t10-,12+,13+/m0/s1. The summed E-state index contributed by atoms with van der Waals surface area (Å²) in [7, 11) is 1.74. The summed E-state index contributed by atoms with van der Waals surface area (Å²) in [5.41, 5.74) is 1.01. The van der Waals surface area contributed by atoms with Crippen molar-refractivity contribution < 1.29 is 14.3 Å². The van der Waals surface area contributed by atoms with Crippen molar-refractivity contribution in [2.75, 3.05) is 13.7 Å². The molecule has 0 aromatic heterocycles. The predicted molar refractivity (Wildman–Crippen MR) is 71.5 cm³/mol. The van der Waals surface area contributed by atoms with Gasteiger partial charge in [0, 0.05) is 19.0 Å². The fourth-order valence-electron chi connectivity index (χ4n) is 2.72. The van der Waals surface area contributed by atoms with E-state index in [-0.39, 0.29) is 17.9 Å². The monoisotopic (exact) mass is 261 g/mol. The van der Waals surface area contributed by atoms with Gasteiger partial charge in [-0.2, -0.15) is 0 Å². The second kappa shape index (κ2) is 5.43. The minimum Gasteiger partial charge on any atom is -0.465 e. The average molecular weight is 261 g/mol. The lowest BCUT2D eigenvalue weighted by Crippen LogP contribution is -2.30. The maximum absolute atomic E-state index is 12.2. The zero-order valence-corrected chi connectivity index (χ0v) is 11.5. The molecule has 1 aliphatic rings. The number of likely N-dealkylation sites (N-methyl/N-ethyl adjacent to an activating group) is 1. The second-order valence-electron chi connectivity index (χ2n) is 4.86. The van der Waals surface area contributed by atoms with Crippen molar-refractivity contribution in [3.8, 4) is 0 Å². The molecule has 4 nitrogen and oxygen atoms in total. The molecule has 19 heavy (non-hydrogen) atoms. The maximum atomic E-state index is 12.2. The first-order valence-corrected chi connectivity index (χ1v) is 6.56. The number of esters is 1. The van der Waals surface area contributed by atoms with E-state index in [0.29, 0.717) is 6.61 Å². The molecule has 1 heterocycles.